The van der Waals surface area contributed by atoms with Crippen LogP contribution in [0.25, 0.3) is 0 Å². The molecule has 98 valence electrons. The molecule has 1 aromatic heterocycles. The van der Waals surface area contributed by atoms with Gasteiger partial charge in [0.1, 0.15) is 0 Å². The Hall–Kier alpha value is -1.87. The predicted octanol–water partition coefficient (Wildman–Crippen LogP) is 0.731. The van der Waals surface area contributed by atoms with Gasteiger partial charge in [0.2, 0.25) is 0 Å². The molecule has 0 spiro atoms. The monoisotopic (exact) mass is 250 g/mol. The molecule has 0 N–H and O–H groups in total. The summed E-state index contributed by atoms with van der Waals surface area (Å²) < 4.78 is 6.59. The van der Waals surface area contributed by atoms with Crippen LogP contribution in [0.4, 0.5) is 0 Å². The number of aromatic nitrogens is 2. The highest BCUT2D eigenvalue weighted by Gasteiger charge is 2.19. The standard InChI is InChI=1S/C12H18N4O2/c1-10-11(9-15(2)14-10)12(17)16(6-4-5-13)7-8-18-3/h9H,4,6-8H2,1-3H3. The summed E-state index contributed by atoms with van der Waals surface area (Å²) in [6.45, 7) is 3.14. The van der Waals surface area contributed by atoms with Crippen molar-refractivity contribution < 1.29 is 9.53 Å². The number of ether oxygens (including phenoxy) is 1. The van der Waals surface area contributed by atoms with Crippen molar-refractivity contribution in [1.29, 1.82) is 5.26 Å². The Morgan fingerprint density at radius 2 is 2.33 bits per heavy atom. The molecule has 0 fully saturated rings. The van der Waals surface area contributed by atoms with E-state index in [1.54, 1.807) is 36.9 Å². The maximum Gasteiger partial charge on any atom is 0.257 e. The van der Waals surface area contributed by atoms with Gasteiger partial charge in [-0.05, 0) is 6.92 Å². The lowest BCUT2D eigenvalue weighted by atomic mass is 10.2. The number of aryl methyl sites for hydroxylation is 2. The zero-order chi connectivity index (χ0) is 13.5. The molecule has 0 radical (unpaired) electrons. The number of amides is 1. The van der Waals surface area contributed by atoms with E-state index >= 15 is 0 Å². The fourth-order valence-corrected chi connectivity index (χ4v) is 1.68. The highest BCUT2D eigenvalue weighted by atomic mass is 16.5. The fourth-order valence-electron chi connectivity index (χ4n) is 1.68. The summed E-state index contributed by atoms with van der Waals surface area (Å²) in [6, 6.07) is 2.05. The van der Waals surface area contributed by atoms with Crippen molar-refractivity contribution in [2.75, 3.05) is 26.8 Å². The molecule has 6 nitrogen and oxygen atoms in total. The highest BCUT2D eigenvalue weighted by Crippen LogP contribution is 2.09. The molecule has 0 aliphatic heterocycles. The summed E-state index contributed by atoms with van der Waals surface area (Å²) >= 11 is 0. The molecule has 0 saturated carbocycles. The molecule has 0 atom stereocenters. The molecular weight excluding hydrogens is 232 g/mol. The van der Waals surface area contributed by atoms with Gasteiger partial charge in [-0.25, -0.2) is 0 Å². The minimum absolute atomic E-state index is 0.104. The third-order valence-electron chi connectivity index (χ3n) is 2.59. The van der Waals surface area contributed by atoms with Crippen LogP contribution in [0.3, 0.4) is 0 Å². The van der Waals surface area contributed by atoms with Crippen LogP contribution >= 0.6 is 0 Å². The number of hydrogen-bond acceptors (Lipinski definition) is 4. The molecular formula is C12H18N4O2. The van der Waals surface area contributed by atoms with E-state index < -0.39 is 0 Å². The van der Waals surface area contributed by atoms with Crippen LogP contribution < -0.4 is 0 Å². The van der Waals surface area contributed by atoms with Crippen LogP contribution in [-0.4, -0.2) is 47.4 Å². The number of nitriles is 1. The molecule has 0 unspecified atom stereocenters. The van der Waals surface area contributed by atoms with Crippen molar-refractivity contribution in [2.24, 2.45) is 7.05 Å². The van der Waals surface area contributed by atoms with Gasteiger partial charge in [0.15, 0.2) is 0 Å². The summed E-state index contributed by atoms with van der Waals surface area (Å²) in [5, 5.41) is 12.8. The van der Waals surface area contributed by atoms with Crippen molar-refractivity contribution in [3.8, 4) is 6.07 Å². The first-order valence-electron chi connectivity index (χ1n) is 5.75. The van der Waals surface area contributed by atoms with E-state index in [-0.39, 0.29) is 5.91 Å². The quantitative estimate of drug-likeness (QED) is 0.746. The summed E-state index contributed by atoms with van der Waals surface area (Å²) in [5.74, 6) is -0.104. The lowest BCUT2D eigenvalue weighted by Gasteiger charge is -2.20. The molecule has 1 amide bonds. The number of carbonyl (C=O) groups excluding carboxylic acids is 1. The van der Waals surface area contributed by atoms with Gasteiger partial charge in [-0.1, -0.05) is 0 Å². The van der Waals surface area contributed by atoms with Crippen molar-refractivity contribution in [3.05, 3.63) is 17.5 Å². The number of carbonyl (C=O) groups is 1. The molecule has 1 heterocycles. The smallest absolute Gasteiger partial charge is 0.257 e. The van der Waals surface area contributed by atoms with Gasteiger partial charge in [-0.15, -0.1) is 0 Å². The van der Waals surface area contributed by atoms with E-state index in [0.29, 0.717) is 37.4 Å². The number of methoxy groups -OCH3 is 1. The van der Waals surface area contributed by atoms with Gasteiger partial charge in [-0.2, -0.15) is 10.4 Å². The first-order chi connectivity index (χ1) is 8.60. The lowest BCUT2D eigenvalue weighted by Crippen LogP contribution is -2.34. The topological polar surface area (TPSA) is 71.2 Å². The molecule has 0 aromatic carbocycles. The summed E-state index contributed by atoms with van der Waals surface area (Å²) in [6.07, 6.45) is 2.01. The SMILES string of the molecule is COCCN(CCC#N)C(=O)c1cn(C)nc1C. The minimum Gasteiger partial charge on any atom is -0.383 e. The van der Waals surface area contributed by atoms with E-state index in [0.717, 1.165) is 0 Å². The normalized spacial score (nSPS) is 10.1. The van der Waals surface area contributed by atoms with Crippen molar-refractivity contribution >= 4 is 5.91 Å². The third-order valence-corrected chi connectivity index (χ3v) is 2.59. The molecule has 0 saturated heterocycles. The first-order valence-corrected chi connectivity index (χ1v) is 5.75. The second kappa shape index (κ2) is 6.77. The minimum atomic E-state index is -0.104. The highest BCUT2D eigenvalue weighted by molar-refractivity contribution is 5.95. The summed E-state index contributed by atoms with van der Waals surface area (Å²) in [5.41, 5.74) is 1.27. The van der Waals surface area contributed by atoms with Crippen LogP contribution in [-0.2, 0) is 11.8 Å². The molecule has 18 heavy (non-hydrogen) atoms. The van der Waals surface area contributed by atoms with Crippen LogP contribution in [0.1, 0.15) is 22.5 Å². The summed E-state index contributed by atoms with van der Waals surface area (Å²) in [4.78, 5) is 13.9. The Balaban J connectivity index is 2.81. The van der Waals surface area contributed by atoms with Gasteiger partial charge in [0, 0.05) is 33.4 Å². The Morgan fingerprint density at radius 3 is 2.83 bits per heavy atom. The molecule has 0 aliphatic carbocycles. The van der Waals surface area contributed by atoms with Gasteiger partial charge >= 0.3 is 0 Å². The summed E-state index contributed by atoms with van der Waals surface area (Å²) in [7, 11) is 3.36. The van der Waals surface area contributed by atoms with Gasteiger partial charge in [0.25, 0.3) is 5.91 Å². The average molecular weight is 250 g/mol. The van der Waals surface area contributed by atoms with E-state index in [2.05, 4.69) is 5.10 Å². The number of hydrogen-bond donors (Lipinski definition) is 0. The van der Waals surface area contributed by atoms with Crippen LogP contribution in [0.2, 0.25) is 0 Å². The van der Waals surface area contributed by atoms with Crippen molar-refractivity contribution in [3.63, 3.8) is 0 Å². The Kier molecular flexibility index (Phi) is 5.33. The zero-order valence-corrected chi connectivity index (χ0v) is 11.0. The van der Waals surface area contributed by atoms with Crippen LogP contribution in [0.5, 0.6) is 0 Å². The molecule has 6 heteroatoms. The van der Waals surface area contributed by atoms with E-state index in [1.807, 2.05) is 6.07 Å². The Bertz CT molecular complexity index is 447. The molecule has 1 aromatic rings. The first kappa shape index (κ1) is 14.2. The second-order valence-corrected chi connectivity index (χ2v) is 3.99. The Morgan fingerprint density at radius 1 is 1.61 bits per heavy atom. The van der Waals surface area contributed by atoms with Gasteiger partial charge in [0.05, 0.1) is 30.4 Å². The second-order valence-electron chi connectivity index (χ2n) is 3.99. The maximum atomic E-state index is 12.3. The van der Waals surface area contributed by atoms with Crippen molar-refractivity contribution in [1.82, 2.24) is 14.7 Å². The van der Waals surface area contributed by atoms with E-state index in [1.165, 1.54) is 0 Å². The maximum absolute atomic E-state index is 12.3. The molecule has 1 rings (SSSR count). The lowest BCUT2D eigenvalue weighted by molar-refractivity contribution is 0.0699. The predicted molar refractivity (Wildman–Crippen MR) is 66.0 cm³/mol. The van der Waals surface area contributed by atoms with E-state index in [4.69, 9.17) is 10.00 Å². The largest absolute Gasteiger partial charge is 0.383 e. The van der Waals surface area contributed by atoms with Gasteiger partial charge in [-0.3, -0.25) is 9.48 Å². The number of rotatable bonds is 6. The van der Waals surface area contributed by atoms with Crippen LogP contribution in [0.15, 0.2) is 6.20 Å². The average Bonchev–Trinajstić information content (AvgIpc) is 2.68. The van der Waals surface area contributed by atoms with E-state index in [9.17, 15) is 4.79 Å². The van der Waals surface area contributed by atoms with Crippen molar-refractivity contribution in [2.45, 2.75) is 13.3 Å². The fraction of sp³-hybridized carbons (Fsp3) is 0.583. The zero-order valence-electron chi connectivity index (χ0n) is 11.0. The number of nitrogens with zero attached hydrogens (tertiary/aromatic N) is 4. The molecule has 0 bridgehead atoms. The Labute approximate surface area is 107 Å². The third kappa shape index (κ3) is 3.57. The molecule has 0 aliphatic rings. The van der Waals surface area contributed by atoms with Crippen LogP contribution in [0, 0.1) is 18.3 Å². The van der Waals surface area contributed by atoms with Gasteiger partial charge < -0.3 is 9.64 Å².